The van der Waals surface area contributed by atoms with Crippen LogP contribution < -0.4 is 26.8 Å². The van der Waals surface area contributed by atoms with Gasteiger partial charge < -0.3 is 40.7 Å². The summed E-state index contributed by atoms with van der Waals surface area (Å²) in [5, 5.41) is 19.9. The fourth-order valence-corrected chi connectivity index (χ4v) is 5.92. The van der Waals surface area contributed by atoms with Gasteiger partial charge in [-0.3, -0.25) is 19.2 Å². The van der Waals surface area contributed by atoms with Gasteiger partial charge in [-0.15, -0.1) is 0 Å². The van der Waals surface area contributed by atoms with Gasteiger partial charge in [-0.2, -0.15) is 0 Å². The second-order valence-corrected chi connectivity index (χ2v) is 13.9. The number of nitrogens with zero attached hydrogens (tertiary/aromatic N) is 4. The van der Waals surface area contributed by atoms with Gasteiger partial charge in [0.1, 0.15) is 0 Å². The second-order valence-electron chi connectivity index (χ2n) is 13.9. The van der Waals surface area contributed by atoms with Gasteiger partial charge >= 0.3 is 6.09 Å². The zero-order valence-electron chi connectivity index (χ0n) is 30.7. The standard InChI is InChI=1S/C39H46N8O6/c1-25-30(7-6-8-31(25)44-35(49)26-9-13-28(14-10-26)39(2,3)4)32-24-45(5)37(51)34(43-32)42-29-15-11-27(12-16-29)36(50)47-21-19-46(20-22-47)33(48)23-40-17-18-41-38(52)53/h6-16,24,40-41H,17-23H2,1-5H3,(H,42,43)(H,44,49)(H,52,53). The Hall–Kier alpha value is -6.02. The average molecular weight is 723 g/mol. The molecule has 1 aliphatic heterocycles. The van der Waals surface area contributed by atoms with E-state index >= 15 is 0 Å². The Kier molecular flexibility index (Phi) is 11.9. The monoisotopic (exact) mass is 722 g/mol. The third-order valence-electron chi connectivity index (χ3n) is 9.11. The predicted molar refractivity (Wildman–Crippen MR) is 204 cm³/mol. The lowest BCUT2D eigenvalue weighted by Crippen LogP contribution is -2.52. The maximum absolute atomic E-state index is 13.2. The molecule has 4 amide bonds. The number of rotatable bonds is 11. The Bertz CT molecular complexity index is 2030. The highest BCUT2D eigenvalue weighted by atomic mass is 16.4. The van der Waals surface area contributed by atoms with Crippen LogP contribution in [-0.4, -0.2) is 94.1 Å². The molecule has 0 aliphatic carbocycles. The molecule has 0 atom stereocenters. The lowest BCUT2D eigenvalue weighted by Gasteiger charge is -2.35. The van der Waals surface area contributed by atoms with Gasteiger partial charge in [0.15, 0.2) is 5.82 Å². The highest BCUT2D eigenvalue weighted by Crippen LogP contribution is 2.29. The summed E-state index contributed by atoms with van der Waals surface area (Å²) in [4.78, 5) is 70.6. The molecule has 0 bridgehead atoms. The molecule has 3 aromatic carbocycles. The van der Waals surface area contributed by atoms with Crippen molar-refractivity contribution in [3.8, 4) is 11.3 Å². The molecule has 0 saturated carbocycles. The van der Waals surface area contributed by atoms with E-state index in [1.807, 2.05) is 49.4 Å². The zero-order valence-corrected chi connectivity index (χ0v) is 30.7. The average Bonchev–Trinajstić information content (AvgIpc) is 3.13. The van der Waals surface area contributed by atoms with Crippen molar-refractivity contribution in [3.05, 3.63) is 106 Å². The highest BCUT2D eigenvalue weighted by molar-refractivity contribution is 6.05. The van der Waals surface area contributed by atoms with Crippen molar-refractivity contribution < 1.29 is 24.3 Å². The van der Waals surface area contributed by atoms with Gasteiger partial charge in [0.05, 0.1) is 12.2 Å². The van der Waals surface area contributed by atoms with Crippen molar-refractivity contribution in [1.29, 1.82) is 0 Å². The summed E-state index contributed by atoms with van der Waals surface area (Å²) in [6.07, 6.45) is 0.535. The number of hydrogen-bond donors (Lipinski definition) is 5. The molecule has 0 radical (unpaired) electrons. The lowest BCUT2D eigenvalue weighted by molar-refractivity contribution is -0.131. The number of benzene rings is 3. The molecule has 53 heavy (non-hydrogen) atoms. The molecule has 278 valence electrons. The third-order valence-corrected chi connectivity index (χ3v) is 9.11. The normalized spacial score (nSPS) is 13.0. The molecular weight excluding hydrogens is 676 g/mol. The molecule has 4 aromatic rings. The van der Waals surface area contributed by atoms with Gasteiger partial charge in [0.25, 0.3) is 17.4 Å². The number of carbonyl (C=O) groups excluding carboxylic acids is 3. The summed E-state index contributed by atoms with van der Waals surface area (Å²) >= 11 is 0. The molecule has 5 rings (SSSR count). The van der Waals surface area contributed by atoms with Crippen molar-refractivity contribution in [2.75, 3.05) is 56.4 Å². The molecule has 14 heteroatoms. The molecule has 14 nitrogen and oxygen atoms in total. The van der Waals surface area contributed by atoms with E-state index in [1.54, 1.807) is 47.3 Å². The summed E-state index contributed by atoms with van der Waals surface area (Å²) in [6.45, 7) is 10.4. The van der Waals surface area contributed by atoms with E-state index in [1.165, 1.54) is 4.57 Å². The molecule has 1 fully saturated rings. The molecule has 0 unspecified atom stereocenters. The zero-order chi connectivity index (χ0) is 38.3. The number of carboxylic acid groups (broad SMARTS) is 1. The van der Waals surface area contributed by atoms with Crippen LogP contribution in [0.5, 0.6) is 0 Å². The van der Waals surface area contributed by atoms with Crippen LogP contribution in [0.2, 0.25) is 0 Å². The number of hydrogen-bond acceptors (Lipinski definition) is 8. The molecule has 0 spiro atoms. The van der Waals surface area contributed by atoms with Gasteiger partial charge in [-0.25, -0.2) is 9.78 Å². The van der Waals surface area contributed by atoms with Crippen LogP contribution >= 0.6 is 0 Å². The first-order valence-electron chi connectivity index (χ1n) is 17.4. The van der Waals surface area contributed by atoms with Crippen molar-refractivity contribution in [2.45, 2.75) is 33.1 Å². The highest BCUT2D eigenvalue weighted by Gasteiger charge is 2.25. The Morgan fingerprint density at radius 1 is 0.849 bits per heavy atom. The van der Waals surface area contributed by atoms with Crippen LogP contribution in [0.4, 0.5) is 22.0 Å². The minimum absolute atomic E-state index is 0.0209. The summed E-state index contributed by atoms with van der Waals surface area (Å²) in [5.74, 6) is -0.402. The Balaban J connectivity index is 1.21. The van der Waals surface area contributed by atoms with E-state index in [0.29, 0.717) is 60.9 Å². The van der Waals surface area contributed by atoms with E-state index in [0.717, 1.165) is 16.7 Å². The smallest absolute Gasteiger partial charge is 0.404 e. The number of aromatic nitrogens is 2. The van der Waals surface area contributed by atoms with Crippen molar-refractivity contribution in [3.63, 3.8) is 0 Å². The molecule has 1 saturated heterocycles. The van der Waals surface area contributed by atoms with E-state index in [9.17, 15) is 24.0 Å². The Morgan fingerprint density at radius 3 is 2.13 bits per heavy atom. The predicted octanol–water partition coefficient (Wildman–Crippen LogP) is 4.19. The van der Waals surface area contributed by atoms with Gasteiger partial charge in [-0.05, 0) is 65.9 Å². The maximum atomic E-state index is 13.2. The Labute approximate surface area is 308 Å². The maximum Gasteiger partial charge on any atom is 0.404 e. The summed E-state index contributed by atoms with van der Waals surface area (Å²) < 4.78 is 1.45. The lowest BCUT2D eigenvalue weighted by atomic mass is 9.86. The summed E-state index contributed by atoms with van der Waals surface area (Å²) in [5.41, 5.74) is 5.07. The first-order valence-corrected chi connectivity index (χ1v) is 17.4. The molecule has 2 heterocycles. The van der Waals surface area contributed by atoms with Crippen LogP contribution in [-0.2, 0) is 17.3 Å². The second kappa shape index (κ2) is 16.5. The van der Waals surface area contributed by atoms with Gasteiger partial charge in [0.2, 0.25) is 5.91 Å². The number of amides is 4. The number of piperazine rings is 1. The number of carbonyl (C=O) groups is 4. The third kappa shape index (κ3) is 9.65. The number of nitrogens with one attached hydrogen (secondary N) is 4. The van der Waals surface area contributed by atoms with E-state index in [-0.39, 0.29) is 47.6 Å². The SMILES string of the molecule is Cc1c(NC(=O)c2ccc(C(C)(C)C)cc2)cccc1-c1cn(C)c(=O)c(Nc2ccc(C(=O)N3CCN(C(=O)CNCCNC(=O)O)CC3)cc2)n1. The molecular formula is C39H46N8O6. The molecule has 5 N–H and O–H groups in total. The van der Waals surface area contributed by atoms with Crippen LogP contribution in [0.3, 0.4) is 0 Å². The van der Waals surface area contributed by atoms with E-state index < -0.39 is 6.09 Å². The van der Waals surface area contributed by atoms with Crippen LogP contribution in [0.15, 0.2) is 77.7 Å². The Morgan fingerprint density at radius 2 is 1.49 bits per heavy atom. The van der Waals surface area contributed by atoms with E-state index in [2.05, 4.69) is 47.0 Å². The quantitative estimate of drug-likeness (QED) is 0.142. The number of aryl methyl sites for hydroxylation is 1. The first-order chi connectivity index (χ1) is 25.2. The van der Waals surface area contributed by atoms with Gasteiger partial charge in [-0.1, -0.05) is 45.0 Å². The first kappa shape index (κ1) is 38.2. The van der Waals surface area contributed by atoms with Crippen molar-refractivity contribution in [1.82, 2.24) is 30.0 Å². The summed E-state index contributed by atoms with van der Waals surface area (Å²) in [7, 11) is 1.65. The molecule has 1 aliphatic rings. The van der Waals surface area contributed by atoms with Crippen LogP contribution in [0, 0.1) is 6.92 Å². The van der Waals surface area contributed by atoms with E-state index in [4.69, 9.17) is 5.11 Å². The fourth-order valence-electron chi connectivity index (χ4n) is 5.92. The largest absolute Gasteiger partial charge is 0.465 e. The van der Waals surface area contributed by atoms with Gasteiger partial charge in [0, 0.05) is 80.6 Å². The summed E-state index contributed by atoms with van der Waals surface area (Å²) in [6, 6.07) is 19.9. The molecule has 1 aromatic heterocycles. The van der Waals surface area contributed by atoms with Crippen molar-refractivity contribution in [2.24, 2.45) is 7.05 Å². The van der Waals surface area contributed by atoms with Crippen LogP contribution in [0.25, 0.3) is 11.3 Å². The topological polar surface area (TPSA) is 178 Å². The van der Waals surface area contributed by atoms with Crippen LogP contribution in [0.1, 0.15) is 52.6 Å². The fraction of sp³-hybridized carbons (Fsp3) is 0.333. The number of anilines is 3. The minimum atomic E-state index is -1.12. The van der Waals surface area contributed by atoms with Crippen molar-refractivity contribution >= 4 is 41.0 Å². The minimum Gasteiger partial charge on any atom is -0.465 e.